The van der Waals surface area contributed by atoms with Crippen molar-refractivity contribution in [3.63, 3.8) is 0 Å². The molecule has 44 heavy (non-hydrogen) atoms. The molecular formula is C31H16BrF3O8S. The Labute approximate surface area is 254 Å². The predicted molar refractivity (Wildman–Crippen MR) is 153 cm³/mol. The number of carbonyl (C=O) groups excluding carboxylic acids is 2. The van der Waals surface area contributed by atoms with Gasteiger partial charge >= 0.3 is 12.1 Å². The van der Waals surface area contributed by atoms with E-state index in [-0.39, 0.29) is 48.9 Å². The molecule has 6 rings (SSSR count). The summed E-state index contributed by atoms with van der Waals surface area (Å²) in [6.07, 6.45) is -5.12. The number of aryl methyl sites for hydroxylation is 1. The van der Waals surface area contributed by atoms with Crippen LogP contribution in [0.25, 0.3) is 11.0 Å². The van der Waals surface area contributed by atoms with Gasteiger partial charge in [-0.2, -0.15) is 13.2 Å². The van der Waals surface area contributed by atoms with Gasteiger partial charge in [-0.1, -0.05) is 28.1 Å². The molecule has 0 saturated heterocycles. The van der Waals surface area contributed by atoms with Crippen LogP contribution in [0.15, 0.2) is 102 Å². The van der Waals surface area contributed by atoms with Gasteiger partial charge in [0.1, 0.15) is 17.1 Å². The molecule has 5 aromatic rings. The summed E-state index contributed by atoms with van der Waals surface area (Å²) in [5.41, 5.74) is -2.06. The molecule has 1 aliphatic heterocycles. The molecule has 0 saturated carbocycles. The zero-order valence-corrected chi connectivity index (χ0v) is 24.6. The van der Waals surface area contributed by atoms with Crippen molar-refractivity contribution in [2.45, 2.75) is 22.9 Å². The van der Waals surface area contributed by atoms with Gasteiger partial charge in [0.15, 0.2) is 5.78 Å². The monoisotopic (exact) mass is 684 g/mol. The maximum Gasteiger partial charge on any atom is 0.453 e. The molecule has 1 aromatic heterocycles. The second-order valence-electron chi connectivity index (χ2n) is 9.64. The van der Waals surface area contributed by atoms with Crippen molar-refractivity contribution in [2.75, 3.05) is 0 Å². The summed E-state index contributed by atoms with van der Waals surface area (Å²) in [7, 11) is -4.15. The van der Waals surface area contributed by atoms with Crippen LogP contribution < -0.4 is 14.9 Å². The van der Waals surface area contributed by atoms with E-state index in [2.05, 4.69) is 15.9 Å². The van der Waals surface area contributed by atoms with Crippen LogP contribution in [0.5, 0.6) is 17.2 Å². The molecule has 0 bridgehead atoms. The van der Waals surface area contributed by atoms with Gasteiger partial charge in [0.2, 0.25) is 21.0 Å². The first-order valence-electron chi connectivity index (χ1n) is 12.6. The summed E-state index contributed by atoms with van der Waals surface area (Å²) in [5.74, 6) is -4.63. The molecule has 0 fully saturated rings. The maximum atomic E-state index is 14.0. The number of ketones is 1. The molecule has 4 aromatic carbocycles. The van der Waals surface area contributed by atoms with Gasteiger partial charge in [0, 0.05) is 21.2 Å². The topological polar surface area (TPSA) is 117 Å². The van der Waals surface area contributed by atoms with Crippen molar-refractivity contribution in [2.24, 2.45) is 0 Å². The van der Waals surface area contributed by atoms with E-state index in [0.29, 0.717) is 4.47 Å². The molecule has 0 aliphatic carbocycles. The minimum Gasteiger partial charge on any atom is -0.449 e. The van der Waals surface area contributed by atoms with Crippen molar-refractivity contribution >= 4 is 48.5 Å². The zero-order valence-electron chi connectivity index (χ0n) is 22.2. The number of benzene rings is 4. The summed E-state index contributed by atoms with van der Waals surface area (Å²) in [6, 6.07) is 17.2. The van der Waals surface area contributed by atoms with E-state index < -0.39 is 50.3 Å². The Morgan fingerprint density at radius 1 is 0.886 bits per heavy atom. The minimum atomic E-state index is -5.12. The molecule has 0 N–H and O–H groups in total. The molecule has 1 aliphatic rings. The van der Waals surface area contributed by atoms with E-state index >= 15 is 0 Å². The highest BCUT2D eigenvalue weighted by Crippen LogP contribution is 2.40. The molecule has 0 amide bonds. The van der Waals surface area contributed by atoms with Crippen LogP contribution >= 0.6 is 15.9 Å². The van der Waals surface area contributed by atoms with Crippen molar-refractivity contribution in [1.82, 2.24) is 0 Å². The largest absolute Gasteiger partial charge is 0.453 e. The molecule has 0 spiro atoms. The van der Waals surface area contributed by atoms with Crippen molar-refractivity contribution in [3.8, 4) is 17.2 Å². The second kappa shape index (κ2) is 10.5. The maximum absolute atomic E-state index is 14.0. The Morgan fingerprint density at radius 2 is 1.57 bits per heavy atom. The lowest BCUT2D eigenvalue weighted by atomic mass is 10.0. The Balaban J connectivity index is 1.38. The third kappa shape index (κ3) is 4.87. The summed E-state index contributed by atoms with van der Waals surface area (Å²) in [6.45, 7) is 1.29. The Bertz CT molecular complexity index is 2210. The number of hydrogen-bond donors (Lipinski definition) is 0. The minimum absolute atomic E-state index is 0.00670. The standard InChI is InChI=1S/C31H16BrF3O8S/c1-15-22(42-30(38)16-6-11-20-24(14-16)44(39,40)23-5-3-2-4-19(23)25(20)36)13-12-21-26(37)28(29(31(33,34)35)43-27(15)21)41-18-9-7-17(32)8-10-18/h2-14H,1H3. The summed E-state index contributed by atoms with van der Waals surface area (Å²) in [4.78, 5) is 38.6. The third-order valence-electron chi connectivity index (χ3n) is 6.88. The Kier molecular flexibility index (Phi) is 6.97. The number of alkyl halides is 3. The number of rotatable bonds is 4. The lowest BCUT2D eigenvalue weighted by Gasteiger charge is -2.19. The first kappa shape index (κ1) is 29.3. The smallest absolute Gasteiger partial charge is 0.449 e. The van der Waals surface area contributed by atoms with E-state index in [9.17, 15) is 36.0 Å². The molecule has 2 heterocycles. The van der Waals surface area contributed by atoms with Crippen LogP contribution in [0.4, 0.5) is 13.2 Å². The van der Waals surface area contributed by atoms with Crippen molar-refractivity contribution in [3.05, 3.63) is 122 Å². The second-order valence-corrected chi connectivity index (χ2v) is 12.4. The van der Waals surface area contributed by atoms with E-state index in [4.69, 9.17) is 13.9 Å². The zero-order chi connectivity index (χ0) is 31.6. The molecule has 0 atom stereocenters. The summed E-state index contributed by atoms with van der Waals surface area (Å²) >= 11 is 3.21. The fourth-order valence-corrected chi connectivity index (χ4v) is 6.68. The van der Waals surface area contributed by atoms with Gasteiger partial charge in [-0.05, 0) is 73.7 Å². The van der Waals surface area contributed by atoms with E-state index in [0.717, 1.165) is 12.1 Å². The van der Waals surface area contributed by atoms with Crippen LogP contribution in [0.1, 0.15) is 37.6 Å². The van der Waals surface area contributed by atoms with Crippen LogP contribution in [0.2, 0.25) is 0 Å². The van der Waals surface area contributed by atoms with E-state index in [1.54, 1.807) is 0 Å². The first-order chi connectivity index (χ1) is 20.8. The lowest BCUT2D eigenvalue weighted by Crippen LogP contribution is -2.21. The number of esters is 1. The number of halogens is 4. The number of fused-ring (bicyclic) bond motifs is 3. The van der Waals surface area contributed by atoms with Crippen LogP contribution in [-0.4, -0.2) is 20.2 Å². The number of hydrogen-bond acceptors (Lipinski definition) is 8. The van der Waals surface area contributed by atoms with Crippen molar-refractivity contribution < 1.29 is 45.1 Å². The molecule has 0 unspecified atom stereocenters. The SMILES string of the molecule is Cc1c(OC(=O)c2ccc3c(c2)S(=O)(=O)c2ccccc2C3=O)ccc2c(=O)c(Oc3ccc(Br)cc3)c(C(F)(F)F)oc12. The normalized spacial score (nSPS) is 13.7. The summed E-state index contributed by atoms with van der Waals surface area (Å²) in [5, 5.41) is -0.264. The third-order valence-corrected chi connectivity index (χ3v) is 9.26. The van der Waals surface area contributed by atoms with Crippen LogP contribution in [-0.2, 0) is 16.0 Å². The highest BCUT2D eigenvalue weighted by molar-refractivity contribution is 9.10. The van der Waals surface area contributed by atoms with E-state index in [1.165, 1.54) is 73.7 Å². The fourth-order valence-electron chi connectivity index (χ4n) is 4.74. The fraction of sp³-hybridized carbons (Fsp3) is 0.0645. The molecule has 222 valence electrons. The average Bonchev–Trinajstić information content (AvgIpc) is 2.99. The van der Waals surface area contributed by atoms with Crippen molar-refractivity contribution in [1.29, 1.82) is 0 Å². The number of carbonyl (C=O) groups is 2. The van der Waals surface area contributed by atoms with E-state index in [1.807, 2.05) is 0 Å². The van der Waals surface area contributed by atoms with Gasteiger partial charge < -0.3 is 13.9 Å². The van der Waals surface area contributed by atoms with Crippen LogP contribution in [0.3, 0.4) is 0 Å². The number of ether oxygens (including phenoxy) is 2. The van der Waals surface area contributed by atoms with Gasteiger partial charge in [-0.25, -0.2) is 13.2 Å². The van der Waals surface area contributed by atoms with Crippen LogP contribution in [0, 0.1) is 6.92 Å². The molecule has 8 nitrogen and oxygen atoms in total. The van der Waals surface area contributed by atoms with Gasteiger partial charge in [-0.3, -0.25) is 9.59 Å². The highest BCUT2D eigenvalue weighted by Gasteiger charge is 2.41. The predicted octanol–water partition coefficient (Wildman–Crippen LogP) is 7.27. The highest BCUT2D eigenvalue weighted by atomic mass is 79.9. The van der Waals surface area contributed by atoms with Gasteiger partial charge in [0.25, 0.3) is 5.76 Å². The first-order valence-corrected chi connectivity index (χ1v) is 14.9. The van der Waals surface area contributed by atoms with Gasteiger partial charge in [0.05, 0.1) is 20.7 Å². The number of sulfone groups is 1. The average molecular weight is 685 g/mol. The van der Waals surface area contributed by atoms with Gasteiger partial charge in [-0.15, -0.1) is 0 Å². The Morgan fingerprint density at radius 3 is 2.27 bits per heavy atom. The lowest BCUT2D eigenvalue weighted by molar-refractivity contribution is -0.154. The molecular weight excluding hydrogens is 669 g/mol. The Hall–Kier alpha value is -4.75. The summed E-state index contributed by atoms with van der Waals surface area (Å²) < 4.78 is 85.1. The molecule has 0 radical (unpaired) electrons. The quantitative estimate of drug-likeness (QED) is 0.141. The molecule has 13 heteroatoms.